The van der Waals surface area contributed by atoms with Gasteiger partial charge in [-0.25, -0.2) is 9.18 Å². The van der Waals surface area contributed by atoms with Crippen LogP contribution in [-0.4, -0.2) is 24.3 Å². The first kappa shape index (κ1) is 13.1. The largest absolute Gasteiger partial charge is 0.488 e. The molecule has 0 spiro atoms. The van der Waals surface area contributed by atoms with E-state index in [-0.39, 0.29) is 22.4 Å². The molecule has 0 aromatic heterocycles. The Labute approximate surface area is 108 Å². The van der Waals surface area contributed by atoms with Crippen LogP contribution in [0, 0.1) is 5.82 Å². The molecule has 1 N–H and O–H groups in total. The second-order valence-corrected chi connectivity index (χ2v) is 4.46. The lowest BCUT2D eigenvalue weighted by Gasteiger charge is -2.16. The molecule has 1 unspecified atom stereocenters. The van der Waals surface area contributed by atoms with E-state index in [9.17, 15) is 14.3 Å². The van der Waals surface area contributed by atoms with Gasteiger partial charge in [0.05, 0.1) is 18.2 Å². The SMILES string of the molecule is COC(=O)C(O)c1cc(F)cc(Cl)c1OC1CC1. The van der Waals surface area contributed by atoms with E-state index in [1.165, 1.54) is 0 Å². The number of hydrogen-bond acceptors (Lipinski definition) is 4. The van der Waals surface area contributed by atoms with E-state index in [2.05, 4.69) is 4.74 Å². The van der Waals surface area contributed by atoms with E-state index in [1.54, 1.807) is 0 Å². The van der Waals surface area contributed by atoms with Crippen LogP contribution in [0.2, 0.25) is 5.02 Å². The maximum Gasteiger partial charge on any atom is 0.339 e. The van der Waals surface area contributed by atoms with E-state index in [1.807, 2.05) is 0 Å². The Kier molecular flexibility index (Phi) is 3.73. The van der Waals surface area contributed by atoms with Gasteiger partial charge in [0.15, 0.2) is 6.10 Å². The molecular formula is C12H12ClFO4. The predicted octanol–water partition coefficient (Wildman–Crippen LogP) is 2.23. The quantitative estimate of drug-likeness (QED) is 0.856. The molecule has 2 rings (SSSR count). The summed E-state index contributed by atoms with van der Waals surface area (Å²) >= 11 is 5.87. The molecule has 98 valence electrons. The van der Waals surface area contributed by atoms with Crippen LogP contribution in [0.3, 0.4) is 0 Å². The number of aliphatic hydroxyl groups excluding tert-OH is 1. The van der Waals surface area contributed by atoms with Crippen molar-refractivity contribution >= 4 is 17.6 Å². The van der Waals surface area contributed by atoms with Crippen LogP contribution in [0.15, 0.2) is 12.1 Å². The molecule has 1 aliphatic carbocycles. The minimum absolute atomic E-state index is 0.0107. The molecule has 0 radical (unpaired) electrons. The van der Waals surface area contributed by atoms with E-state index < -0.39 is 17.9 Å². The summed E-state index contributed by atoms with van der Waals surface area (Å²) in [5, 5.41) is 9.80. The van der Waals surface area contributed by atoms with Gasteiger partial charge < -0.3 is 14.6 Å². The van der Waals surface area contributed by atoms with Crippen LogP contribution >= 0.6 is 11.6 Å². The highest BCUT2D eigenvalue weighted by molar-refractivity contribution is 6.32. The highest BCUT2D eigenvalue weighted by atomic mass is 35.5. The van der Waals surface area contributed by atoms with Gasteiger partial charge in [-0.3, -0.25) is 0 Å². The number of carbonyl (C=O) groups excluding carboxylic acids is 1. The van der Waals surface area contributed by atoms with Gasteiger partial charge in [-0.05, 0) is 25.0 Å². The first-order valence-corrected chi connectivity index (χ1v) is 5.82. The van der Waals surface area contributed by atoms with E-state index in [0.29, 0.717) is 0 Å². The zero-order valence-electron chi connectivity index (χ0n) is 9.65. The molecule has 0 heterocycles. The normalized spacial score (nSPS) is 16.2. The van der Waals surface area contributed by atoms with Crippen LogP contribution in [0.4, 0.5) is 4.39 Å². The van der Waals surface area contributed by atoms with Crippen molar-refractivity contribution in [1.82, 2.24) is 0 Å². The minimum Gasteiger partial charge on any atom is -0.488 e. The summed E-state index contributed by atoms with van der Waals surface area (Å²) < 4.78 is 23.2. The molecule has 1 aromatic rings. The molecule has 0 aliphatic heterocycles. The monoisotopic (exact) mass is 274 g/mol. The standard InChI is InChI=1S/C12H12ClFO4/c1-17-12(16)10(15)8-4-6(14)5-9(13)11(8)18-7-2-3-7/h4-5,7,10,15H,2-3H2,1H3. The molecule has 4 nitrogen and oxygen atoms in total. The van der Waals surface area contributed by atoms with Crippen LogP contribution in [0.1, 0.15) is 24.5 Å². The summed E-state index contributed by atoms with van der Waals surface area (Å²) in [6, 6.07) is 2.10. The summed E-state index contributed by atoms with van der Waals surface area (Å²) in [7, 11) is 1.13. The number of ether oxygens (including phenoxy) is 2. The Hall–Kier alpha value is -1.33. The fourth-order valence-electron chi connectivity index (χ4n) is 1.50. The van der Waals surface area contributed by atoms with E-state index >= 15 is 0 Å². The fraction of sp³-hybridized carbons (Fsp3) is 0.417. The number of aliphatic hydroxyl groups is 1. The number of carbonyl (C=O) groups is 1. The lowest BCUT2D eigenvalue weighted by atomic mass is 10.1. The highest BCUT2D eigenvalue weighted by Crippen LogP contribution is 2.38. The lowest BCUT2D eigenvalue weighted by molar-refractivity contribution is -0.150. The van der Waals surface area contributed by atoms with Gasteiger partial charge in [0.1, 0.15) is 11.6 Å². The Morgan fingerprint density at radius 3 is 2.78 bits per heavy atom. The van der Waals surface area contributed by atoms with E-state index in [4.69, 9.17) is 16.3 Å². The van der Waals surface area contributed by atoms with Gasteiger partial charge in [0.25, 0.3) is 0 Å². The third-order valence-corrected chi connectivity index (χ3v) is 2.85. The van der Waals surface area contributed by atoms with Crippen molar-refractivity contribution in [2.45, 2.75) is 25.0 Å². The zero-order valence-corrected chi connectivity index (χ0v) is 10.4. The van der Waals surface area contributed by atoms with Crippen molar-refractivity contribution in [3.05, 3.63) is 28.5 Å². The molecule has 1 aliphatic rings. The number of benzene rings is 1. The minimum atomic E-state index is -1.61. The summed E-state index contributed by atoms with van der Waals surface area (Å²) in [6.07, 6.45) is 0.150. The third-order valence-electron chi connectivity index (χ3n) is 2.57. The van der Waals surface area contributed by atoms with Crippen molar-refractivity contribution in [3.8, 4) is 5.75 Å². The van der Waals surface area contributed by atoms with Crippen molar-refractivity contribution in [2.24, 2.45) is 0 Å². The molecular weight excluding hydrogens is 263 g/mol. The lowest BCUT2D eigenvalue weighted by Crippen LogP contribution is -2.15. The summed E-state index contributed by atoms with van der Waals surface area (Å²) in [4.78, 5) is 11.3. The zero-order chi connectivity index (χ0) is 13.3. The fourth-order valence-corrected chi connectivity index (χ4v) is 1.76. The maximum atomic E-state index is 13.3. The van der Waals surface area contributed by atoms with Crippen LogP contribution in [-0.2, 0) is 9.53 Å². The molecule has 6 heteroatoms. The van der Waals surface area contributed by atoms with Crippen LogP contribution in [0.5, 0.6) is 5.75 Å². The van der Waals surface area contributed by atoms with Crippen molar-refractivity contribution in [3.63, 3.8) is 0 Å². The molecule has 18 heavy (non-hydrogen) atoms. The number of methoxy groups -OCH3 is 1. The summed E-state index contributed by atoms with van der Waals surface area (Å²) in [5.41, 5.74) is -0.0150. The molecule has 1 aromatic carbocycles. The molecule has 1 saturated carbocycles. The topological polar surface area (TPSA) is 55.8 Å². The van der Waals surface area contributed by atoms with Crippen LogP contribution in [0.25, 0.3) is 0 Å². The average Bonchev–Trinajstić information content (AvgIpc) is 3.14. The Bertz CT molecular complexity index is 473. The van der Waals surface area contributed by atoms with Gasteiger partial charge in [-0.15, -0.1) is 0 Å². The predicted molar refractivity (Wildman–Crippen MR) is 62.0 cm³/mol. The molecule has 0 amide bonds. The van der Waals surface area contributed by atoms with Gasteiger partial charge in [-0.1, -0.05) is 11.6 Å². The number of halogens is 2. The maximum absolute atomic E-state index is 13.3. The number of esters is 1. The summed E-state index contributed by atoms with van der Waals surface area (Å²) in [6.45, 7) is 0. The van der Waals surface area contributed by atoms with Crippen molar-refractivity contribution < 1.29 is 23.8 Å². The van der Waals surface area contributed by atoms with Gasteiger partial charge in [-0.2, -0.15) is 0 Å². The molecule has 0 bridgehead atoms. The van der Waals surface area contributed by atoms with Gasteiger partial charge in [0, 0.05) is 5.56 Å². The number of hydrogen-bond donors (Lipinski definition) is 1. The van der Waals surface area contributed by atoms with E-state index in [0.717, 1.165) is 32.1 Å². The highest BCUT2D eigenvalue weighted by Gasteiger charge is 2.30. The van der Waals surface area contributed by atoms with Crippen molar-refractivity contribution in [1.29, 1.82) is 0 Å². The Morgan fingerprint density at radius 1 is 1.56 bits per heavy atom. The van der Waals surface area contributed by atoms with Gasteiger partial charge in [0.2, 0.25) is 0 Å². The Balaban J connectivity index is 2.38. The number of rotatable bonds is 4. The molecule has 1 atom stereocenters. The average molecular weight is 275 g/mol. The Morgan fingerprint density at radius 2 is 2.22 bits per heavy atom. The second-order valence-electron chi connectivity index (χ2n) is 4.05. The molecule has 0 saturated heterocycles. The first-order valence-electron chi connectivity index (χ1n) is 5.44. The van der Waals surface area contributed by atoms with Crippen LogP contribution < -0.4 is 4.74 Å². The third kappa shape index (κ3) is 2.73. The molecule has 1 fully saturated rings. The summed E-state index contributed by atoms with van der Waals surface area (Å²) in [5.74, 6) is -1.41. The van der Waals surface area contributed by atoms with Gasteiger partial charge >= 0.3 is 5.97 Å². The van der Waals surface area contributed by atoms with Crippen molar-refractivity contribution in [2.75, 3.05) is 7.11 Å². The second kappa shape index (κ2) is 5.12. The smallest absolute Gasteiger partial charge is 0.339 e. The first-order chi connectivity index (χ1) is 8.52.